The van der Waals surface area contributed by atoms with Gasteiger partial charge in [-0.1, -0.05) is 30.3 Å². The van der Waals surface area contributed by atoms with Crippen LogP contribution in [-0.4, -0.2) is 65.0 Å². The van der Waals surface area contributed by atoms with Crippen LogP contribution in [0.4, 0.5) is 4.79 Å². The van der Waals surface area contributed by atoms with E-state index in [-0.39, 0.29) is 24.1 Å². The van der Waals surface area contributed by atoms with Crippen LogP contribution in [0.25, 0.3) is 0 Å². The summed E-state index contributed by atoms with van der Waals surface area (Å²) in [7, 11) is 0. The summed E-state index contributed by atoms with van der Waals surface area (Å²) in [5.41, 5.74) is 2.00. The topological polar surface area (TPSA) is 53.1 Å². The normalized spacial score (nSPS) is 19.1. The van der Waals surface area contributed by atoms with Gasteiger partial charge in [0.2, 0.25) is 5.91 Å². The lowest BCUT2D eigenvalue weighted by atomic mass is 10.0. The average Bonchev–Trinajstić information content (AvgIpc) is 2.66. The van der Waals surface area contributed by atoms with Crippen LogP contribution in [0.2, 0.25) is 0 Å². The molecule has 0 unspecified atom stereocenters. The number of nitrogens with zero attached hydrogens (tertiary/aromatic N) is 3. The highest BCUT2D eigenvalue weighted by Gasteiger charge is 2.33. The minimum Gasteiger partial charge on any atom is -0.445 e. The summed E-state index contributed by atoms with van der Waals surface area (Å²) in [4.78, 5) is 30.6. The Morgan fingerprint density at radius 2 is 1.85 bits per heavy atom. The van der Waals surface area contributed by atoms with Crippen LogP contribution in [0, 0.1) is 0 Å². The quantitative estimate of drug-likeness (QED) is 0.820. The van der Waals surface area contributed by atoms with Crippen molar-refractivity contribution in [2.45, 2.75) is 39.3 Å². The molecule has 1 aromatic carbocycles. The number of carbonyl (C=O) groups is 2. The predicted octanol–water partition coefficient (Wildman–Crippen LogP) is 2.86. The molecule has 2 heterocycles. The molecule has 2 aliphatic heterocycles. The summed E-state index contributed by atoms with van der Waals surface area (Å²) >= 11 is 0. The number of hydrogen-bond acceptors (Lipinski definition) is 4. The molecular weight excluding hydrogens is 342 g/mol. The van der Waals surface area contributed by atoms with Crippen molar-refractivity contribution in [3.63, 3.8) is 0 Å². The first-order valence-corrected chi connectivity index (χ1v) is 9.54. The smallest absolute Gasteiger partial charge is 0.410 e. The first kappa shape index (κ1) is 19.4. The van der Waals surface area contributed by atoms with Crippen LogP contribution >= 0.6 is 0 Å². The Labute approximate surface area is 161 Å². The van der Waals surface area contributed by atoms with Gasteiger partial charge in [0.15, 0.2) is 0 Å². The lowest BCUT2D eigenvalue weighted by Gasteiger charge is -2.43. The molecule has 1 aromatic rings. The standard InChI is InChI=1S/C21H29N3O3/c1-21(2,3)23-13-14-24(19(25)15-23)18-9-11-22(12-10-18)20(26)27-16-17-7-5-4-6-8-17/h4-9H,10-16H2,1-3H3. The van der Waals surface area contributed by atoms with E-state index >= 15 is 0 Å². The zero-order valence-electron chi connectivity index (χ0n) is 16.5. The van der Waals surface area contributed by atoms with E-state index in [2.05, 4.69) is 25.7 Å². The van der Waals surface area contributed by atoms with E-state index in [9.17, 15) is 9.59 Å². The van der Waals surface area contributed by atoms with Crippen LogP contribution in [0.15, 0.2) is 42.1 Å². The molecule has 1 saturated heterocycles. The lowest BCUT2D eigenvalue weighted by molar-refractivity contribution is -0.136. The highest BCUT2D eigenvalue weighted by Crippen LogP contribution is 2.22. The van der Waals surface area contributed by atoms with Crippen LogP contribution in [-0.2, 0) is 16.1 Å². The van der Waals surface area contributed by atoms with Crippen LogP contribution in [0.3, 0.4) is 0 Å². The Morgan fingerprint density at radius 1 is 1.11 bits per heavy atom. The highest BCUT2D eigenvalue weighted by atomic mass is 16.6. The summed E-state index contributed by atoms with van der Waals surface area (Å²) in [6, 6.07) is 9.66. The number of rotatable bonds is 3. The number of hydrogen-bond donors (Lipinski definition) is 0. The Kier molecular flexibility index (Phi) is 5.85. The second kappa shape index (κ2) is 8.13. The van der Waals surface area contributed by atoms with Crippen molar-refractivity contribution < 1.29 is 14.3 Å². The average molecular weight is 371 g/mol. The fourth-order valence-corrected chi connectivity index (χ4v) is 3.43. The molecule has 0 bridgehead atoms. The third-order valence-electron chi connectivity index (χ3n) is 5.16. The third-order valence-corrected chi connectivity index (χ3v) is 5.16. The molecule has 6 nitrogen and oxygen atoms in total. The number of benzene rings is 1. The van der Waals surface area contributed by atoms with Crippen molar-refractivity contribution >= 4 is 12.0 Å². The molecule has 0 N–H and O–H groups in total. The van der Waals surface area contributed by atoms with Gasteiger partial charge in [-0.2, -0.15) is 0 Å². The Bertz CT molecular complexity index is 709. The Morgan fingerprint density at radius 3 is 2.44 bits per heavy atom. The molecule has 0 aliphatic carbocycles. The van der Waals surface area contributed by atoms with Crippen molar-refractivity contribution in [2.24, 2.45) is 0 Å². The fraction of sp³-hybridized carbons (Fsp3) is 0.524. The van der Waals surface area contributed by atoms with E-state index < -0.39 is 0 Å². The molecule has 0 spiro atoms. The zero-order chi connectivity index (χ0) is 19.4. The summed E-state index contributed by atoms with van der Waals surface area (Å²) in [5.74, 6) is 0.141. The molecule has 0 radical (unpaired) electrons. The third kappa shape index (κ3) is 4.89. The van der Waals surface area contributed by atoms with Crippen LogP contribution in [0.5, 0.6) is 0 Å². The zero-order valence-corrected chi connectivity index (χ0v) is 16.5. The summed E-state index contributed by atoms with van der Waals surface area (Å²) in [5, 5.41) is 0. The van der Waals surface area contributed by atoms with Gasteiger partial charge < -0.3 is 14.5 Å². The molecule has 0 aromatic heterocycles. The Balaban J connectivity index is 1.51. The van der Waals surface area contributed by atoms with E-state index in [4.69, 9.17) is 4.74 Å². The van der Waals surface area contributed by atoms with Crippen molar-refractivity contribution in [2.75, 3.05) is 32.7 Å². The maximum absolute atomic E-state index is 12.6. The van der Waals surface area contributed by atoms with Crippen molar-refractivity contribution in [1.29, 1.82) is 0 Å². The van der Waals surface area contributed by atoms with Gasteiger partial charge in [0.25, 0.3) is 0 Å². The molecule has 0 atom stereocenters. The molecule has 1 fully saturated rings. The van der Waals surface area contributed by atoms with Crippen molar-refractivity contribution in [3.05, 3.63) is 47.7 Å². The molecular formula is C21H29N3O3. The maximum atomic E-state index is 12.6. The number of carbonyl (C=O) groups excluding carboxylic acids is 2. The lowest BCUT2D eigenvalue weighted by Crippen LogP contribution is -2.56. The minimum atomic E-state index is -0.307. The van der Waals surface area contributed by atoms with E-state index in [1.54, 1.807) is 4.90 Å². The first-order chi connectivity index (χ1) is 12.8. The van der Waals surface area contributed by atoms with Gasteiger partial charge in [-0.15, -0.1) is 0 Å². The largest absolute Gasteiger partial charge is 0.445 e. The molecule has 0 saturated carbocycles. The van der Waals surface area contributed by atoms with E-state index in [0.717, 1.165) is 17.8 Å². The number of amides is 2. The molecule has 2 amide bonds. The van der Waals surface area contributed by atoms with E-state index in [0.29, 0.717) is 32.6 Å². The molecule has 2 aliphatic rings. The van der Waals surface area contributed by atoms with Gasteiger partial charge in [0.05, 0.1) is 6.54 Å². The van der Waals surface area contributed by atoms with Gasteiger partial charge in [0, 0.05) is 43.8 Å². The number of ether oxygens (including phenoxy) is 1. The summed E-state index contributed by atoms with van der Waals surface area (Å²) < 4.78 is 5.39. The second-order valence-electron chi connectivity index (χ2n) is 8.07. The van der Waals surface area contributed by atoms with Gasteiger partial charge in [-0.25, -0.2) is 4.79 Å². The molecule has 146 valence electrons. The molecule has 3 rings (SSSR count). The predicted molar refractivity (Wildman–Crippen MR) is 104 cm³/mol. The van der Waals surface area contributed by atoms with Gasteiger partial charge in [-0.05, 0) is 32.4 Å². The summed E-state index contributed by atoms with van der Waals surface area (Å²) in [6.45, 7) is 9.76. The van der Waals surface area contributed by atoms with Gasteiger partial charge in [0.1, 0.15) is 6.61 Å². The van der Waals surface area contributed by atoms with Gasteiger partial charge in [-0.3, -0.25) is 9.69 Å². The maximum Gasteiger partial charge on any atom is 0.410 e. The minimum absolute atomic E-state index is 0.00199. The molecule has 6 heteroatoms. The van der Waals surface area contributed by atoms with E-state index in [1.807, 2.05) is 41.3 Å². The van der Waals surface area contributed by atoms with Crippen molar-refractivity contribution in [3.8, 4) is 0 Å². The molecule has 27 heavy (non-hydrogen) atoms. The van der Waals surface area contributed by atoms with Gasteiger partial charge >= 0.3 is 6.09 Å². The SMILES string of the molecule is CC(C)(C)N1CCN(C2=CCN(C(=O)OCc3ccccc3)CC2)C(=O)C1. The Hall–Kier alpha value is -2.34. The highest BCUT2D eigenvalue weighted by molar-refractivity contribution is 5.81. The van der Waals surface area contributed by atoms with Crippen LogP contribution in [0.1, 0.15) is 32.8 Å². The van der Waals surface area contributed by atoms with E-state index in [1.165, 1.54) is 0 Å². The fourth-order valence-electron chi connectivity index (χ4n) is 3.43. The summed E-state index contributed by atoms with van der Waals surface area (Å²) in [6.07, 6.45) is 2.36. The monoisotopic (exact) mass is 371 g/mol. The first-order valence-electron chi connectivity index (χ1n) is 9.54. The number of piperazine rings is 1. The second-order valence-corrected chi connectivity index (χ2v) is 8.07. The van der Waals surface area contributed by atoms with Crippen LogP contribution < -0.4 is 0 Å². The van der Waals surface area contributed by atoms with Crippen molar-refractivity contribution in [1.82, 2.24) is 14.7 Å².